The number of anilines is 1. The molecule has 3 nitrogen and oxygen atoms in total. The Kier molecular flexibility index (Phi) is 4.15. The van der Waals surface area contributed by atoms with E-state index in [9.17, 15) is 0 Å². The first kappa shape index (κ1) is 13.2. The average molecular weight is 284 g/mol. The number of halogens is 2. The maximum Gasteiger partial charge on any atom is 0.0625 e. The largest absolute Gasteiger partial charge is 0.379 e. The van der Waals surface area contributed by atoms with Crippen molar-refractivity contribution in [2.75, 3.05) is 5.32 Å². The fourth-order valence-corrected chi connectivity index (χ4v) is 2.28. The van der Waals surface area contributed by atoms with Crippen LogP contribution in [0.25, 0.3) is 0 Å². The fourth-order valence-electron chi connectivity index (χ4n) is 1.76. The zero-order valence-corrected chi connectivity index (χ0v) is 11.9. The standard InChI is InChI=1S/C13H15Cl2N3/c1-3-11-7-13(18(2)17-11)8-16-12-5-9(14)4-10(15)6-12/h4-7,16H,3,8H2,1-2H3. The SMILES string of the molecule is CCc1cc(CNc2cc(Cl)cc(Cl)c2)n(C)n1. The van der Waals surface area contributed by atoms with Crippen molar-refractivity contribution in [2.45, 2.75) is 19.9 Å². The molecule has 0 saturated carbocycles. The highest BCUT2D eigenvalue weighted by molar-refractivity contribution is 6.35. The van der Waals surface area contributed by atoms with E-state index in [1.165, 1.54) is 0 Å². The number of rotatable bonds is 4. The van der Waals surface area contributed by atoms with Crippen molar-refractivity contribution in [1.82, 2.24) is 9.78 Å². The first-order chi connectivity index (χ1) is 8.58. The molecule has 0 amide bonds. The minimum absolute atomic E-state index is 0.629. The van der Waals surface area contributed by atoms with E-state index in [0.717, 1.165) is 23.5 Å². The van der Waals surface area contributed by atoms with E-state index in [4.69, 9.17) is 23.2 Å². The second kappa shape index (κ2) is 5.63. The summed E-state index contributed by atoms with van der Waals surface area (Å²) in [4.78, 5) is 0. The van der Waals surface area contributed by atoms with Crippen LogP contribution in [0.5, 0.6) is 0 Å². The minimum atomic E-state index is 0.629. The van der Waals surface area contributed by atoms with Crippen molar-refractivity contribution < 1.29 is 0 Å². The lowest BCUT2D eigenvalue weighted by Crippen LogP contribution is -2.05. The van der Waals surface area contributed by atoms with Crippen LogP contribution in [0.1, 0.15) is 18.3 Å². The first-order valence-corrected chi connectivity index (χ1v) is 6.56. The minimum Gasteiger partial charge on any atom is -0.379 e. The molecule has 96 valence electrons. The third-order valence-corrected chi connectivity index (χ3v) is 3.16. The second-order valence-corrected chi connectivity index (χ2v) is 4.99. The smallest absolute Gasteiger partial charge is 0.0625 e. The quantitative estimate of drug-likeness (QED) is 0.922. The predicted octanol–water partition coefficient (Wildman–Crippen LogP) is 3.90. The number of hydrogen-bond acceptors (Lipinski definition) is 2. The van der Waals surface area contributed by atoms with E-state index in [-0.39, 0.29) is 0 Å². The van der Waals surface area contributed by atoms with Crippen LogP contribution in [0.2, 0.25) is 10.0 Å². The molecule has 1 heterocycles. The predicted molar refractivity (Wildman–Crippen MR) is 76.4 cm³/mol. The Labute approximate surface area is 117 Å². The van der Waals surface area contributed by atoms with Gasteiger partial charge in [-0.05, 0) is 30.7 Å². The Bertz CT molecular complexity index is 529. The van der Waals surface area contributed by atoms with Crippen LogP contribution in [0.3, 0.4) is 0 Å². The molecular formula is C13H15Cl2N3. The van der Waals surface area contributed by atoms with E-state index < -0.39 is 0 Å². The molecule has 0 aliphatic carbocycles. The molecule has 1 N–H and O–H groups in total. The van der Waals surface area contributed by atoms with Crippen LogP contribution in [-0.4, -0.2) is 9.78 Å². The lowest BCUT2D eigenvalue weighted by atomic mass is 10.3. The molecule has 0 aliphatic heterocycles. The fraction of sp³-hybridized carbons (Fsp3) is 0.308. The van der Waals surface area contributed by atoms with Gasteiger partial charge in [0.2, 0.25) is 0 Å². The molecule has 0 fully saturated rings. The van der Waals surface area contributed by atoms with Crippen molar-refractivity contribution in [2.24, 2.45) is 7.05 Å². The summed E-state index contributed by atoms with van der Waals surface area (Å²) in [5, 5.41) is 8.95. The Morgan fingerprint density at radius 2 is 1.83 bits per heavy atom. The van der Waals surface area contributed by atoms with E-state index >= 15 is 0 Å². The summed E-state index contributed by atoms with van der Waals surface area (Å²) in [5.74, 6) is 0. The topological polar surface area (TPSA) is 29.9 Å². The molecule has 0 aliphatic rings. The molecule has 0 saturated heterocycles. The van der Waals surface area contributed by atoms with Gasteiger partial charge < -0.3 is 5.32 Å². The molecule has 18 heavy (non-hydrogen) atoms. The average Bonchev–Trinajstić information content (AvgIpc) is 2.66. The molecular weight excluding hydrogens is 269 g/mol. The summed E-state index contributed by atoms with van der Waals surface area (Å²) >= 11 is 11.9. The highest BCUT2D eigenvalue weighted by Crippen LogP contribution is 2.22. The molecule has 0 atom stereocenters. The highest BCUT2D eigenvalue weighted by atomic mass is 35.5. The van der Waals surface area contributed by atoms with Crippen LogP contribution < -0.4 is 5.32 Å². The second-order valence-electron chi connectivity index (χ2n) is 4.12. The Balaban J connectivity index is 2.08. The number of nitrogens with zero attached hydrogens (tertiary/aromatic N) is 2. The summed E-state index contributed by atoms with van der Waals surface area (Å²) < 4.78 is 1.89. The van der Waals surface area contributed by atoms with E-state index in [1.807, 2.05) is 23.9 Å². The van der Waals surface area contributed by atoms with Crippen LogP contribution >= 0.6 is 23.2 Å². The molecule has 0 radical (unpaired) electrons. The molecule has 5 heteroatoms. The van der Waals surface area contributed by atoms with E-state index in [2.05, 4.69) is 23.4 Å². The van der Waals surface area contributed by atoms with Crippen LogP contribution in [-0.2, 0) is 20.0 Å². The summed E-state index contributed by atoms with van der Waals surface area (Å²) in [7, 11) is 1.95. The van der Waals surface area contributed by atoms with Gasteiger partial charge in [0, 0.05) is 22.8 Å². The number of hydrogen-bond donors (Lipinski definition) is 1. The van der Waals surface area contributed by atoms with Gasteiger partial charge in [0.15, 0.2) is 0 Å². The molecule has 2 rings (SSSR count). The van der Waals surface area contributed by atoms with Gasteiger partial charge in [0.25, 0.3) is 0 Å². The normalized spacial score (nSPS) is 10.7. The third-order valence-electron chi connectivity index (χ3n) is 2.73. The summed E-state index contributed by atoms with van der Waals surface area (Å²) in [6, 6.07) is 7.52. The number of aryl methyl sites for hydroxylation is 2. The molecule has 1 aromatic heterocycles. The molecule has 0 unspecified atom stereocenters. The number of benzene rings is 1. The Morgan fingerprint density at radius 1 is 1.17 bits per heavy atom. The highest BCUT2D eigenvalue weighted by Gasteiger charge is 2.04. The monoisotopic (exact) mass is 283 g/mol. The Morgan fingerprint density at radius 3 is 2.39 bits per heavy atom. The van der Waals surface area contributed by atoms with E-state index in [0.29, 0.717) is 16.6 Å². The zero-order valence-electron chi connectivity index (χ0n) is 10.4. The lowest BCUT2D eigenvalue weighted by Gasteiger charge is -2.07. The molecule has 0 spiro atoms. The third kappa shape index (κ3) is 3.18. The van der Waals surface area contributed by atoms with Crippen molar-refractivity contribution in [1.29, 1.82) is 0 Å². The van der Waals surface area contributed by atoms with Crippen molar-refractivity contribution in [3.8, 4) is 0 Å². The summed E-state index contributed by atoms with van der Waals surface area (Å²) in [6.45, 7) is 2.79. The van der Waals surface area contributed by atoms with Gasteiger partial charge in [-0.25, -0.2) is 0 Å². The molecule has 0 bridgehead atoms. The van der Waals surface area contributed by atoms with Gasteiger partial charge in [-0.3, -0.25) is 4.68 Å². The van der Waals surface area contributed by atoms with E-state index in [1.54, 1.807) is 6.07 Å². The van der Waals surface area contributed by atoms with Gasteiger partial charge in [-0.15, -0.1) is 0 Å². The van der Waals surface area contributed by atoms with Crippen LogP contribution in [0.4, 0.5) is 5.69 Å². The Hall–Kier alpha value is -1.19. The lowest BCUT2D eigenvalue weighted by molar-refractivity contribution is 0.707. The molecule has 2 aromatic rings. The molecule has 1 aromatic carbocycles. The maximum atomic E-state index is 5.95. The van der Waals surface area contributed by atoms with Gasteiger partial charge in [0.05, 0.1) is 17.9 Å². The van der Waals surface area contributed by atoms with Crippen molar-refractivity contribution in [3.63, 3.8) is 0 Å². The number of nitrogens with one attached hydrogen (secondary N) is 1. The van der Waals surface area contributed by atoms with Crippen molar-refractivity contribution in [3.05, 3.63) is 45.7 Å². The van der Waals surface area contributed by atoms with Crippen LogP contribution in [0, 0.1) is 0 Å². The number of aromatic nitrogens is 2. The zero-order chi connectivity index (χ0) is 13.1. The first-order valence-electron chi connectivity index (χ1n) is 5.80. The summed E-state index contributed by atoms with van der Waals surface area (Å²) in [6.07, 6.45) is 0.941. The van der Waals surface area contributed by atoms with Gasteiger partial charge in [0.1, 0.15) is 0 Å². The van der Waals surface area contributed by atoms with Gasteiger partial charge >= 0.3 is 0 Å². The van der Waals surface area contributed by atoms with Gasteiger partial charge in [-0.1, -0.05) is 30.1 Å². The van der Waals surface area contributed by atoms with Gasteiger partial charge in [-0.2, -0.15) is 5.10 Å². The summed E-state index contributed by atoms with van der Waals surface area (Å²) in [5.41, 5.74) is 3.13. The van der Waals surface area contributed by atoms with Crippen molar-refractivity contribution >= 4 is 28.9 Å². The maximum absolute atomic E-state index is 5.95. The van der Waals surface area contributed by atoms with Crippen LogP contribution in [0.15, 0.2) is 24.3 Å².